The summed E-state index contributed by atoms with van der Waals surface area (Å²) < 4.78 is 0. The van der Waals surface area contributed by atoms with Gasteiger partial charge in [0.2, 0.25) is 0 Å². The van der Waals surface area contributed by atoms with Gasteiger partial charge >= 0.3 is 0 Å². The molecule has 0 N–H and O–H groups in total. The van der Waals surface area contributed by atoms with Gasteiger partial charge in [-0.3, -0.25) is 0 Å². The van der Waals surface area contributed by atoms with Crippen LogP contribution in [0.1, 0.15) is 49.9 Å². The molecule has 0 spiro atoms. The van der Waals surface area contributed by atoms with Gasteiger partial charge in [0.1, 0.15) is 0 Å². The normalized spacial score (nSPS) is 14.9. The summed E-state index contributed by atoms with van der Waals surface area (Å²) in [5.74, 6) is 0. The molecule has 10 aromatic carbocycles. The molecule has 2 aliphatic heterocycles. The van der Waals surface area contributed by atoms with Crippen molar-refractivity contribution in [2.45, 2.75) is 38.5 Å². The van der Waals surface area contributed by atoms with Crippen LogP contribution < -0.4 is 9.80 Å². The van der Waals surface area contributed by atoms with E-state index in [1.165, 1.54) is 111 Å². The number of nitrogens with zero attached hydrogens (tertiary/aromatic N) is 2. The second-order valence-corrected chi connectivity index (χ2v) is 17.8. The predicted molar refractivity (Wildman–Crippen MR) is 256 cm³/mol. The molecule has 0 radical (unpaired) electrons. The highest BCUT2D eigenvalue weighted by atomic mass is 15.2. The molecule has 0 aromatic heterocycles. The summed E-state index contributed by atoms with van der Waals surface area (Å²) in [6.45, 7) is 9.54. The van der Waals surface area contributed by atoms with E-state index in [9.17, 15) is 0 Å². The molecule has 0 atom stereocenters. The highest BCUT2D eigenvalue weighted by Crippen LogP contribution is 2.55. The molecule has 60 heavy (non-hydrogen) atoms. The van der Waals surface area contributed by atoms with Gasteiger partial charge in [0.05, 0.1) is 22.7 Å². The zero-order chi connectivity index (χ0) is 40.3. The zero-order valence-corrected chi connectivity index (χ0v) is 34.4. The molecule has 2 heterocycles. The molecule has 0 aliphatic carbocycles. The van der Waals surface area contributed by atoms with Crippen molar-refractivity contribution < 1.29 is 0 Å². The van der Waals surface area contributed by atoms with E-state index < -0.39 is 0 Å². The minimum absolute atomic E-state index is 0.212. The number of benzene rings is 10. The van der Waals surface area contributed by atoms with Crippen molar-refractivity contribution in [1.29, 1.82) is 0 Å². The number of hydrogen-bond acceptors (Lipinski definition) is 2. The Hall–Kier alpha value is -7.16. The Morgan fingerprint density at radius 3 is 1.12 bits per heavy atom. The summed E-state index contributed by atoms with van der Waals surface area (Å²) in [6.07, 6.45) is 0. The van der Waals surface area contributed by atoms with E-state index in [1.807, 2.05) is 0 Å². The molecule has 0 fully saturated rings. The van der Waals surface area contributed by atoms with Crippen molar-refractivity contribution in [2.75, 3.05) is 9.80 Å². The van der Waals surface area contributed by atoms with Crippen LogP contribution in [0.5, 0.6) is 0 Å². The molecule has 0 bridgehead atoms. The molecule has 0 saturated heterocycles. The smallest absolute Gasteiger partial charge is 0.0503 e. The molecule has 2 heteroatoms. The number of anilines is 6. The molecule has 12 rings (SSSR count). The van der Waals surface area contributed by atoms with Gasteiger partial charge in [0.15, 0.2) is 0 Å². The monoisotopic (exact) mass is 768 g/mol. The first-order chi connectivity index (χ1) is 29.3. The van der Waals surface area contributed by atoms with Crippen LogP contribution in [0.3, 0.4) is 0 Å². The van der Waals surface area contributed by atoms with Gasteiger partial charge in [0, 0.05) is 22.2 Å². The Morgan fingerprint density at radius 1 is 0.283 bits per heavy atom. The van der Waals surface area contributed by atoms with Crippen molar-refractivity contribution in [3.8, 4) is 11.1 Å². The zero-order valence-electron chi connectivity index (χ0n) is 34.4. The largest absolute Gasteiger partial charge is 0.310 e. The average molecular weight is 769 g/mol. The number of hydrogen-bond donors (Lipinski definition) is 0. The quantitative estimate of drug-likeness (QED) is 0.165. The summed E-state index contributed by atoms with van der Waals surface area (Å²) in [5, 5.41) is 10.2. The lowest BCUT2D eigenvalue weighted by molar-refractivity contribution is 0.631. The van der Waals surface area contributed by atoms with E-state index in [0.717, 1.165) is 0 Å². The Kier molecular flexibility index (Phi) is 7.36. The second kappa shape index (κ2) is 12.7. The summed E-state index contributed by atoms with van der Waals surface area (Å²) >= 11 is 0. The van der Waals surface area contributed by atoms with Crippen LogP contribution >= 0.6 is 0 Å². The van der Waals surface area contributed by atoms with Crippen molar-refractivity contribution in [3.63, 3.8) is 0 Å². The lowest BCUT2D eigenvalue weighted by Gasteiger charge is -2.43. The van der Waals surface area contributed by atoms with Gasteiger partial charge in [0.25, 0.3) is 0 Å². The first-order valence-corrected chi connectivity index (χ1v) is 21.2. The van der Waals surface area contributed by atoms with Gasteiger partial charge in [-0.15, -0.1) is 0 Å². The molecule has 0 amide bonds. The van der Waals surface area contributed by atoms with Gasteiger partial charge in [-0.2, -0.15) is 0 Å². The van der Waals surface area contributed by atoms with Gasteiger partial charge < -0.3 is 9.80 Å². The third kappa shape index (κ3) is 5.01. The first kappa shape index (κ1) is 34.8. The third-order valence-electron chi connectivity index (χ3n) is 13.8. The molecule has 286 valence electrons. The Balaban J connectivity index is 0.997. The fraction of sp³-hybridized carbons (Fsp3) is 0.103. The molecule has 0 unspecified atom stereocenters. The summed E-state index contributed by atoms with van der Waals surface area (Å²) in [4.78, 5) is 4.96. The van der Waals surface area contributed by atoms with E-state index >= 15 is 0 Å². The van der Waals surface area contributed by atoms with Crippen molar-refractivity contribution in [1.82, 2.24) is 0 Å². The Morgan fingerprint density at radius 2 is 0.650 bits per heavy atom. The van der Waals surface area contributed by atoms with E-state index in [-0.39, 0.29) is 10.8 Å². The van der Waals surface area contributed by atoms with Crippen LogP contribution in [0.15, 0.2) is 194 Å². The Labute approximate surface area is 351 Å². The van der Waals surface area contributed by atoms with Crippen molar-refractivity contribution >= 4 is 77.2 Å². The van der Waals surface area contributed by atoms with Gasteiger partial charge in [-0.05, 0) is 137 Å². The van der Waals surface area contributed by atoms with E-state index in [4.69, 9.17) is 0 Å². The van der Waals surface area contributed by atoms with E-state index in [2.05, 4.69) is 232 Å². The lowest BCUT2D eigenvalue weighted by atomic mass is 9.71. The fourth-order valence-corrected chi connectivity index (χ4v) is 10.6. The minimum atomic E-state index is -0.212. The van der Waals surface area contributed by atoms with Crippen molar-refractivity contribution in [3.05, 3.63) is 216 Å². The highest BCUT2D eigenvalue weighted by Gasteiger charge is 2.39. The molecule has 10 aromatic rings. The standard InChI is InChI=1S/C58H44N2/c1-57(2)49-17-9-11-19-53(49)59(43-27-29-47-41(33-43)23-21-37-13-5-7-15-45(37)47)55-31-25-39(35-51(55)57)40-26-32-56-52(36-40)58(3,4)50-18-10-12-20-54(50)60(56)44-28-30-48-42(34-44)24-22-38-14-6-8-16-46(38)48/h5-36H,1-4H3. The van der Waals surface area contributed by atoms with Gasteiger partial charge in [-0.1, -0.05) is 161 Å². The first-order valence-electron chi connectivity index (χ1n) is 21.2. The number of fused-ring (bicyclic) bond motifs is 10. The maximum atomic E-state index is 2.48. The van der Waals surface area contributed by atoms with Crippen LogP contribution in [0.2, 0.25) is 0 Å². The van der Waals surface area contributed by atoms with E-state index in [0.29, 0.717) is 0 Å². The topological polar surface area (TPSA) is 6.48 Å². The van der Waals surface area contributed by atoms with Crippen LogP contribution in [-0.2, 0) is 10.8 Å². The van der Waals surface area contributed by atoms with Crippen LogP contribution in [0.4, 0.5) is 34.1 Å². The lowest BCUT2D eigenvalue weighted by Crippen LogP contribution is -2.31. The number of para-hydroxylation sites is 2. The van der Waals surface area contributed by atoms with E-state index in [1.54, 1.807) is 0 Å². The molecule has 0 saturated carbocycles. The van der Waals surface area contributed by atoms with Crippen LogP contribution in [0, 0.1) is 0 Å². The van der Waals surface area contributed by atoms with Gasteiger partial charge in [-0.25, -0.2) is 0 Å². The SMILES string of the molecule is CC1(C)c2ccccc2N(c2ccc3c(ccc4ccccc43)c2)c2ccc(-c3ccc4c(c3)C(C)(C)c3ccccc3N4c3ccc4c(ccc5ccccc54)c3)cc21. The van der Waals surface area contributed by atoms with Crippen LogP contribution in [0.25, 0.3) is 54.2 Å². The number of rotatable bonds is 3. The average Bonchev–Trinajstić information content (AvgIpc) is 3.29. The maximum absolute atomic E-state index is 2.48. The highest BCUT2D eigenvalue weighted by molar-refractivity contribution is 6.10. The molecule has 2 aliphatic rings. The fourth-order valence-electron chi connectivity index (χ4n) is 10.6. The summed E-state index contributed by atoms with van der Waals surface area (Å²) in [7, 11) is 0. The Bertz CT molecular complexity index is 3180. The summed E-state index contributed by atoms with van der Waals surface area (Å²) in [5.41, 5.74) is 14.6. The predicted octanol–water partition coefficient (Wildman–Crippen LogP) is 16.2. The summed E-state index contributed by atoms with van der Waals surface area (Å²) in [6, 6.07) is 72.6. The molecular formula is C58H44N2. The van der Waals surface area contributed by atoms with Crippen LogP contribution in [-0.4, -0.2) is 0 Å². The molecular weight excluding hydrogens is 725 g/mol. The second-order valence-electron chi connectivity index (χ2n) is 17.8. The van der Waals surface area contributed by atoms with Crippen molar-refractivity contribution in [2.24, 2.45) is 0 Å². The minimum Gasteiger partial charge on any atom is -0.310 e. The molecule has 2 nitrogen and oxygen atoms in total. The maximum Gasteiger partial charge on any atom is 0.0503 e. The third-order valence-corrected chi connectivity index (χ3v) is 13.8.